The SMILES string of the molecule is Cc1ccc(NC(=O)COC(=O)c2cc(O)ccc2C)cc1. The average molecular weight is 299 g/mol. The van der Waals surface area contributed by atoms with Gasteiger partial charge >= 0.3 is 5.97 Å². The topological polar surface area (TPSA) is 75.6 Å². The maximum atomic E-state index is 11.9. The van der Waals surface area contributed by atoms with Gasteiger partial charge in [0.15, 0.2) is 6.61 Å². The number of hydrogen-bond acceptors (Lipinski definition) is 4. The number of benzene rings is 2. The van der Waals surface area contributed by atoms with Gasteiger partial charge in [-0.25, -0.2) is 4.79 Å². The molecule has 5 nitrogen and oxygen atoms in total. The fraction of sp³-hybridized carbons (Fsp3) is 0.176. The van der Waals surface area contributed by atoms with Crippen LogP contribution in [-0.4, -0.2) is 23.6 Å². The van der Waals surface area contributed by atoms with Crippen molar-refractivity contribution in [2.45, 2.75) is 13.8 Å². The second-order valence-corrected chi connectivity index (χ2v) is 4.99. The third-order valence-corrected chi connectivity index (χ3v) is 3.11. The van der Waals surface area contributed by atoms with Crippen LogP contribution in [0.25, 0.3) is 0 Å². The third-order valence-electron chi connectivity index (χ3n) is 3.11. The molecular weight excluding hydrogens is 282 g/mol. The predicted molar refractivity (Wildman–Crippen MR) is 82.9 cm³/mol. The van der Waals surface area contributed by atoms with Crippen LogP contribution in [0, 0.1) is 13.8 Å². The molecule has 0 atom stereocenters. The number of nitrogens with one attached hydrogen (secondary N) is 1. The molecular formula is C17H17NO4. The first kappa shape index (κ1) is 15.6. The van der Waals surface area contributed by atoms with E-state index in [1.807, 2.05) is 19.1 Å². The maximum absolute atomic E-state index is 11.9. The highest BCUT2D eigenvalue weighted by Gasteiger charge is 2.13. The normalized spacial score (nSPS) is 10.1. The first-order valence-electron chi connectivity index (χ1n) is 6.79. The molecule has 0 aromatic heterocycles. The van der Waals surface area contributed by atoms with E-state index in [4.69, 9.17) is 4.74 Å². The molecule has 0 spiro atoms. The van der Waals surface area contributed by atoms with Crippen LogP contribution in [0.2, 0.25) is 0 Å². The molecule has 1 amide bonds. The van der Waals surface area contributed by atoms with Gasteiger partial charge in [0, 0.05) is 5.69 Å². The zero-order valence-electron chi connectivity index (χ0n) is 12.4. The molecule has 0 saturated heterocycles. The number of carbonyl (C=O) groups is 2. The van der Waals surface area contributed by atoms with Crippen LogP contribution >= 0.6 is 0 Å². The van der Waals surface area contributed by atoms with Crippen molar-refractivity contribution < 1.29 is 19.4 Å². The fourth-order valence-electron chi connectivity index (χ4n) is 1.87. The number of hydrogen-bond donors (Lipinski definition) is 2. The summed E-state index contributed by atoms with van der Waals surface area (Å²) in [5, 5.41) is 12.0. The molecule has 0 fully saturated rings. The molecule has 2 N–H and O–H groups in total. The van der Waals surface area contributed by atoms with E-state index in [1.54, 1.807) is 25.1 Å². The average Bonchev–Trinajstić information content (AvgIpc) is 2.49. The summed E-state index contributed by atoms with van der Waals surface area (Å²) in [6, 6.07) is 11.7. The molecule has 2 aromatic carbocycles. The summed E-state index contributed by atoms with van der Waals surface area (Å²) in [6.07, 6.45) is 0. The van der Waals surface area contributed by atoms with Gasteiger partial charge in [0.05, 0.1) is 5.56 Å². The highest BCUT2D eigenvalue weighted by molar-refractivity contribution is 5.96. The Morgan fingerprint density at radius 3 is 2.45 bits per heavy atom. The molecule has 0 saturated carbocycles. The lowest BCUT2D eigenvalue weighted by molar-refractivity contribution is -0.119. The fourth-order valence-corrected chi connectivity index (χ4v) is 1.87. The molecule has 22 heavy (non-hydrogen) atoms. The lowest BCUT2D eigenvalue weighted by atomic mass is 10.1. The van der Waals surface area contributed by atoms with Crippen LogP contribution in [0.5, 0.6) is 5.75 Å². The van der Waals surface area contributed by atoms with Gasteiger partial charge in [-0.3, -0.25) is 4.79 Å². The van der Waals surface area contributed by atoms with E-state index in [2.05, 4.69) is 5.32 Å². The highest BCUT2D eigenvalue weighted by Crippen LogP contribution is 2.16. The Labute approximate surface area is 128 Å². The van der Waals surface area contributed by atoms with Gasteiger partial charge in [0.1, 0.15) is 5.75 Å². The molecule has 114 valence electrons. The Bertz CT molecular complexity index is 692. The Hall–Kier alpha value is -2.82. The zero-order chi connectivity index (χ0) is 16.1. The first-order chi connectivity index (χ1) is 10.5. The van der Waals surface area contributed by atoms with E-state index < -0.39 is 11.9 Å². The van der Waals surface area contributed by atoms with Crippen molar-refractivity contribution >= 4 is 17.6 Å². The standard InChI is InChI=1S/C17H17NO4/c1-11-3-6-13(7-4-11)18-16(20)10-22-17(21)15-9-14(19)8-5-12(15)2/h3-9,19H,10H2,1-2H3,(H,18,20). The molecule has 2 rings (SSSR count). The van der Waals surface area contributed by atoms with Crippen LogP contribution in [0.3, 0.4) is 0 Å². The van der Waals surface area contributed by atoms with Crippen molar-refractivity contribution in [1.29, 1.82) is 0 Å². The van der Waals surface area contributed by atoms with Gasteiger partial charge in [-0.1, -0.05) is 23.8 Å². The molecule has 0 radical (unpaired) electrons. The van der Waals surface area contributed by atoms with Crippen molar-refractivity contribution in [3.05, 3.63) is 59.2 Å². The number of aryl methyl sites for hydroxylation is 2. The number of rotatable bonds is 4. The summed E-state index contributed by atoms with van der Waals surface area (Å²) in [7, 11) is 0. The van der Waals surface area contributed by atoms with Gasteiger partial charge in [-0.15, -0.1) is 0 Å². The molecule has 0 aliphatic rings. The van der Waals surface area contributed by atoms with Crippen molar-refractivity contribution in [3.8, 4) is 5.75 Å². The summed E-state index contributed by atoms with van der Waals surface area (Å²) in [6.45, 7) is 3.29. The summed E-state index contributed by atoms with van der Waals surface area (Å²) in [4.78, 5) is 23.7. The van der Waals surface area contributed by atoms with E-state index in [0.29, 0.717) is 11.3 Å². The van der Waals surface area contributed by atoms with Gasteiger partial charge in [0.2, 0.25) is 0 Å². The van der Waals surface area contributed by atoms with Crippen LogP contribution in [0.1, 0.15) is 21.5 Å². The highest BCUT2D eigenvalue weighted by atomic mass is 16.5. The van der Waals surface area contributed by atoms with E-state index >= 15 is 0 Å². The van der Waals surface area contributed by atoms with Crippen molar-refractivity contribution in [2.24, 2.45) is 0 Å². The Morgan fingerprint density at radius 1 is 1.09 bits per heavy atom. The number of anilines is 1. The number of carbonyl (C=O) groups excluding carboxylic acids is 2. The predicted octanol–water partition coefficient (Wildman–Crippen LogP) is 2.80. The van der Waals surface area contributed by atoms with E-state index in [0.717, 1.165) is 5.56 Å². The molecule has 0 unspecified atom stereocenters. The molecule has 0 bridgehead atoms. The Morgan fingerprint density at radius 2 is 1.77 bits per heavy atom. The monoisotopic (exact) mass is 299 g/mol. The summed E-state index contributed by atoms with van der Waals surface area (Å²) in [5.41, 5.74) is 2.63. The van der Waals surface area contributed by atoms with E-state index in [-0.39, 0.29) is 17.9 Å². The minimum absolute atomic E-state index is 0.0262. The van der Waals surface area contributed by atoms with Crippen LogP contribution in [-0.2, 0) is 9.53 Å². The van der Waals surface area contributed by atoms with Crippen LogP contribution in [0.4, 0.5) is 5.69 Å². The Kier molecular flexibility index (Phi) is 4.78. The van der Waals surface area contributed by atoms with Gasteiger partial charge in [0.25, 0.3) is 5.91 Å². The van der Waals surface area contributed by atoms with Crippen molar-refractivity contribution in [1.82, 2.24) is 0 Å². The number of esters is 1. The number of amides is 1. The summed E-state index contributed by atoms with van der Waals surface area (Å²) in [5.74, 6) is -1.09. The van der Waals surface area contributed by atoms with Gasteiger partial charge in [-0.2, -0.15) is 0 Å². The second kappa shape index (κ2) is 6.76. The first-order valence-corrected chi connectivity index (χ1v) is 6.79. The Balaban J connectivity index is 1.91. The maximum Gasteiger partial charge on any atom is 0.339 e. The second-order valence-electron chi connectivity index (χ2n) is 4.99. The van der Waals surface area contributed by atoms with Gasteiger partial charge < -0.3 is 15.2 Å². The number of ether oxygens (including phenoxy) is 1. The summed E-state index contributed by atoms with van der Waals surface area (Å²) >= 11 is 0. The minimum Gasteiger partial charge on any atom is -0.508 e. The molecule has 0 heterocycles. The van der Waals surface area contributed by atoms with Crippen molar-refractivity contribution in [2.75, 3.05) is 11.9 Å². The molecule has 0 aliphatic carbocycles. The third kappa shape index (κ3) is 4.09. The molecule has 2 aromatic rings. The van der Waals surface area contributed by atoms with Crippen LogP contribution < -0.4 is 5.32 Å². The van der Waals surface area contributed by atoms with Crippen molar-refractivity contribution in [3.63, 3.8) is 0 Å². The number of phenols is 1. The minimum atomic E-state index is -0.646. The largest absolute Gasteiger partial charge is 0.508 e. The van der Waals surface area contributed by atoms with Gasteiger partial charge in [-0.05, 0) is 43.7 Å². The lowest BCUT2D eigenvalue weighted by Gasteiger charge is -2.08. The number of aromatic hydroxyl groups is 1. The smallest absolute Gasteiger partial charge is 0.339 e. The zero-order valence-corrected chi connectivity index (χ0v) is 12.4. The van der Waals surface area contributed by atoms with E-state index in [9.17, 15) is 14.7 Å². The molecule has 0 aliphatic heterocycles. The quantitative estimate of drug-likeness (QED) is 0.851. The van der Waals surface area contributed by atoms with E-state index in [1.165, 1.54) is 12.1 Å². The number of phenolic OH excluding ortho intramolecular Hbond substituents is 1. The summed E-state index contributed by atoms with van der Waals surface area (Å²) < 4.78 is 4.96. The van der Waals surface area contributed by atoms with Crippen LogP contribution in [0.15, 0.2) is 42.5 Å². The molecule has 5 heteroatoms. The lowest BCUT2D eigenvalue weighted by Crippen LogP contribution is -2.21.